The van der Waals surface area contributed by atoms with Gasteiger partial charge in [0, 0.05) is 0 Å². The summed E-state index contributed by atoms with van der Waals surface area (Å²) in [6.45, 7) is 4.68. The molecule has 0 heterocycles. The van der Waals surface area contributed by atoms with Crippen molar-refractivity contribution in [2.24, 2.45) is 11.8 Å². The summed E-state index contributed by atoms with van der Waals surface area (Å²) in [6, 6.07) is 10.9. The van der Waals surface area contributed by atoms with Gasteiger partial charge in [-0.2, -0.15) is 0 Å². The van der Waals surface area contributed by atoms with Gasteiger partial charge in [0.1, 0.15) is 0 Å². The molecule has 0 amide bonds. The molecule has 18 heavy (non-hydrogen) atoms. The summed E-state index contributed by atoms with van der Waals surface area (Å²) in [5.74, 6) is 1.96. The van der Waals surface area contributed by atoms with Gasteiger partial charge in [-0.05, 0) is 69.0 Å². The van der Waals surface area contributed by atoms with Crippen molar-refractivity contribution in [3.05, 3.63) is 35.9 Å². The first-order valence-corrected chi connectivity index (χ1v) is 7.64. The Morgan fingerprint density at radius 2 is 1.89 bits per heavy atom. The van der Waals surface area contributed by atoms with Crippen LogP contribution in [0.25, 0.3) is 0 Å². The lowest BCUT2D eigenvalue weighted by Gasteiger charge is -2.37. The standard InChI is InChI=1S/C17H27N/c1-2-13-18-14-17-12-11-16(17)10-6-9-15-7-4-3-5-8-15/h3-5,7-8,16-18H,2,6,9-14H2,1H3. The molecule has 0 spiro atoms. The zero-order chi connectivity index (χ0) is 12.6. The van der Waals surface area contributed by atoms with E-state index in [4.69, 9.17) is 0 Å². The maximum absolute atomic E-state index is 3.58. The maximum atomic E-state index is 3.58. The van der Waals surface area contributed by atoms with Crippen LogP contribution in [0.4, 0.5) is 0 Å². The van der Waals surface area contributed by atoms with Gasteiger partial charge in [0.05, 0.1) is 0 Å². The van der Waals surface area contributed by atoms with E-state index < -0.39 is 0 Å². The molecular weight excluding hydrogens is 218 g/mol. The monoisotopic (exact) mass is 245 g/mol. The molecule has 0 aromatic heterocycles. The Kier molecular flexibility index (Phi) is 5.73. The van der Waals surface area contributed by atoms with Crippen LogP contribution < -0.4 is 5.32 Å². The third-order valence-corrected chi connectivity index (χ3v) is 4.29. The first-order chi connectivity index (χ1) is 8.90. The predicted molar refractivity (Wildman–Crippen MR) is 78.8 cm³/mol. The molecule has 2 atom stereocenters. The summed E-state index contributed by atoms with van der Waals surface area (Å²) < 4.78 is 0. The van der Waals surface area contributed by atoms with E-state index in [1.165, 1.54) is 57.2 Å². The summed E-state index contributed by atoms with van der Waals surface area (Å²) in [7, 11) is 0. The summed E-state index contributed by atoms with van der Waals surface area (Å²) in [5.41, 5.74) is 1.50. The number of hydrogen-bond donors (Lipinski definition) is 1. The first-order valence-electron chi connectivity index (χ1n) is 7.64. The topological polar surface area (TPSA) is 12.0 Å². The lowest BCUT2D eigenvalue weighted by Crippen LogP contribution is -2.35. The predicted octanol–water partition coefficient (Wildman–Crippen LogP) is 4.04. The van der Waals surface area contributed by atoms with Gasteiger partial charge < -0.3 is 5.32 Å². The van der Waals surface area contributed by atoms with Gasteiger partial charge in [0.25, 0.3) is 0 Å². The minimum atomic E-state index is 0.965. The van der Waals surface area contributed by atoms with E-state index >= 15 is 0 Å². The summed E-state index contributed by atoms with van der Waals surface area (Å²) in [4.78, 5) is 0. The van der Waals surface area contributed by atoms with Crippen molar-refractivity contribution in [3.8, 4) is 0 Å². The molecule has 0 aliphatic heterocycles. The number of benzene rings is 1. The van der Waals surface area contributed by atoms with Gasteiger partial charge in [-0.15, -0.1) is 0 Å². The Morgan fingerprint density at radius 3 is 2.56 bits per heavy atom. The molecule has 2 unspecified atom stereocenters. The fourth-order valence-electron chi connectivity index (χ4n) is 2.96. The fourth-order valence-corrected chi connectivity index (χ4v) is 2.96. The molecule has 1 heteroatoms. The molecule has 0 saturated heterocycles. The quantitative estimate of drug-likeness (QED) is 0.682. The summed E-state index contributed by atoms with van der Waals surface area (Å²) >= 11 is 0. The van der Waals surface area contributed by atoms with E-state index in [0.29, 0.717) is 0 Å². The molecule has 1 fully saturated rings. The Balaban J connectivity index is 1.59. The lowest BCUT2D eigenvalue weighted by atomic mass is 9.71. The zero-order valence-corrected chi connectivity index (χ0v) is 11.7. The van der Waals surface area contributed by atoms with E-state index in [1.54, 1.807) is 0 Å². The van der Waals surface area contributed by atoms with Crippen molar-refractivity contribution in [3.63, 3.8) is 0 Å². The van der Waals surface area contributed by atoms with E-state index in [9.17, 15) is 0 Å². The van der Waals surface area contributed by atoms with Gasteiger partial charge in [-0.3, -0.25) is 0 Å². The van der Waals surface area contributed by atoms with Gasteiger partial charge in [-0.25, -0.2) is 0 Å². The van der Waals surface area contributed by atoms with Crippen LogP contribution in [0.1, 0.15) is 44.6 Å². The van der Waals surface area contributed by atoms with Crippen molar-refractivity contribution >= 4 is 0 Å². The smallest absolute Gasteiger partial charge is 0.00179 e. The van der Waals surface area contributed by atoms with Crippen LogP contribution >= 0.6 is 0 Å². The molecule has 1 aromatic rings. The second kappa shape index (κ2) is 7.58. The number of aryl methyl sites for hydroxylation is 1. The number of rotatable bonds is 8. The molecule has 1 aliphatic carbocycles. The average molecular weight is 245 g/mol. The van der Waals surface area contributed by atoms with Crippen LogP contribution in [0.2, 0.25) is 0 Å². The Hall–Kier alpha value is -0.820. The molecule has 2 rings (SSSR count). The van der Waals surface area contributed by atoms with Crippen LogP contribution in [0.5, 0.6) is 0 Å². The highest BCUT2D eigenvalue weighted by molar-refractivity contribution is 5.14. The van der Waals surface area contributed by atoms with E-state index in [0.717, 1.165) is 11.8 Å². The van der Waals surface area contributed by atoms with Gasteiger partial charge in [-0.1, -0.05) is 37.3 Å². The largest absolute Gasteiger partial charge is 0.316 e. The molecule has 100 valence electrons. The Bertz CT molecular complexity index is 320. The van der Waals surface area contributed by atoms with Crippen molar-refractivity contribution < 1.29 is 0 Å². The highest BCUT2D eigenvalue weighted by Crippen LogP contribution is 2.37. The SMILES string of the molecule is CCCNCC1CCC1CCCc1ccccc1. The molecule has 0 bridgehead atoms. The number of nitrogens with one attached hydrogen (secondary N) is 1. The van der Waals surface area contributed by atoms with E-state index in [1.807, 2.05) is 0 Å². The molecule has 1 aliphatic rings. The van der Waals surface area contributed by atoms with Crippen LogP contribution in [-0.2, 0) is 6.42 Å². The highest BCUT2D eigenvalue weighted by atomic mass is 14.9. The second-order valence-electron chi connectivity index (χ2n) is 5.68. The highest BCUT2D eigenvalue weighted by Gasteiger charge is 2.29. The molecule has 0 radical (unpaired) electrons. The maximum Gasteiger partial charge on any atom is -0.00179 e. The molecular formula is C17H27N. The van der Waals surface area contributed by atoms with Gasteiger partial charge in [0.2, 0.25) is 0 Å². The fraction of sp³-hybridized carbons (Fsp3) is 0.647. The second-order valence-corrected chi connectivity index (χ2v) is 5.68. The van der Waals surface area contributed by atoms with Crippen LogP contribution in [0.3, 0.4) is 0 Å². The molecule has 1 N–H and O–H groups in total. The van der Waals surface area contributed by atoms with Crippen LogP contribution in [0, 0.1) is 11.8 Å². The average Bonchev–Trinajstić information content (AvgIpc) is 2.39. The van der Waals surface area contributed by atoms with Crippen LogP contribution in [0.15, 0.2) is 30.3 Å². The first kappa shape index (κ1) is 13.6. The molecule has 1 saturated carbocycles. The molecule has 1 nitrogen and oxygen atoms in total. The van der Waals surface area contributed by atoms with E-state index in [-0.39, 0.29) is 0 Å². The van der Waals surface area contributed by atoms with Crippen molar-refractivity contribution in [2.45, 2.75) is 45.4 Å². The van der Waals surface area contributed by atoms with E-state index in [2.05, 4.69) is 42.6 Å². The van der Waals surface area contributed by atoms with Crippen LogP contribution in [-0.4, -0.2) is 13.1 Å². The third kappa shape index (κ3) is 4.13. The van der Waals surface area contributed by atoms with Gasteiger partial charge >= 0.3 is 0 Å². The Labute approximate surface area is 112 Å². The number of hydrogen-bond acceptors (Lipinski definition) is 1. The minimum Gasteiger partial charge on any atom is -0.316 e. The molecule has 1 aromatic carbocycles. The summed E-state index contributed by atoms with van der Waals surface area (Å²) in [6.07, 6.45) is 8.21. The van der Waals surface area contributed by atoms with Crippen molar-refractivity contribution in [1.82, 2.24) is 5.32 Å². The normalized spacial score (nSPS) is 22.7. The Morgan fingerprint density at radius 1 is 1.11 bits per heavy atom. The third-order valence-electron chi connectivity index (χ3n) is 4.29. The summed E-state index contributed by atoms with van der Waals surface area (Å²) in [5, 5.41) is 3.58. The van der Waals surface area contributed by atoms with Crippen molar-refractivity contribution in [1.29, 1.82) is 0 Å². The minimum absolute atomic E-state index is 0.965. The van der Waals surface area contributed by atoms with Crippen molar-refractivity contribution in [2.75, 3.05) is 13.1 Å². The van der Waals surface area contributed by atoms with Gasteiger partial charge in [0.15, 0.2) is 0 Å². The zero-order valence-electron chi connectivity index (χ0n) is 11.7. The lowest BCUT2D eigenvalue weighted by molar-refractivity contribution is 0.158.